The molecule has 0 saturated heterocycles. The van der Waals surface area contributed by atoms with Gasteiger partial charge in [0, 0.05) is 12.1 Å². The highest BCUT2D eigenvalue weighted by Gasteiger charge is 1.98. The topological polar surface area (TPSA) is 73.6 Å². The summed E-state index contributed by atoms with van der Waals surface area (Å²) < 4.78 is 0. The lowest BCUT2D eigenvalue weighted by atomic mass is 10.4. The largest absolute Gasteiger partial charge is 0.368 e. The van der Waals surface area contributed by atoms with Gasteiger partial charge < -0.3 is 10.6 Å². The van der Waals surface area contributed by atoms with Gasteiger partial charge in [-0.3, -0.25) is 0 Å². The summed E-state index contributed by atoms with van der Waals surface area (Å²) in [7, 11) is 0. The minimum Gasteiger partial charge on any atom is -0.368 e. The monoisotopic (exact) mass is 191 g/mol. The van der Waals surface area contributed by atoms with E-state index >= 15 is 0 Å². The van der Waals surface area contributed by atoms with Crippen LogP contribution in [0.5, 0.6) is 0 Å². The highest BCUT2D eigenvalue weighted by molar-refractivity contribution is 5.47. The summed E-state index contributed by atoms with van der Waals surface area (Å²) in [5.41, 5.74) is 0. The lowest BCUT2D eigenvalue weighted by Gasteiger charge is -2.09. The SMILES string of the molecule is CC(C)Nc1cc(NCC#N)ncn1. The van der Waals surface area contributed by atoms with E-state index in [4.69, 9.17) is 5.26 Å². The number of hydrogen-bond acceptors (Lipinski definition) is 5. The summed E-state index contributed by atoms with van der Waals surface area (Å²) in [5, 5.41) is 14.4. The molecule has 1 heterocycles. The lowest BCUT2D eigenvalue weighted by molar-refractivity contribution is 0.886. The third-order valence-electron chi connectivity index (χ3n) is 1.45. The molecule has 0 aliphatic heterocycles. The molecule has 0 unspecified atom stereocenters. The highest BCUT2D eigenvalue weighted by Crippen LogP contribution is 2.08. The smallest absolute Gasteiger partial charge is 0.132 e. The summed E-state index contributed by atoms with van der Waals surface area (Å²) in [5.74, 6) is 1.42. The molecule has 0 atom stereocenters. The maximum absolute atomic E-state index is 8.37. The van der Waals surface area contributed by atoms with E-state index in [0.29, 0.717) is 11.9 Å². The molecule has 0 aromatic carbocycles. The predicted octanol–water partition coefficient (Wildman–Crippen LogP) is 1.23. The van der Waals surface area contributed by atoms with Crippen molar-refractivity contribution < 1.29 is 0 Å². The number of nitrogens with zero attached hydrogens (tertiary/aromatic N) is 3. The molecule has 0 aliphatic rings. The number of rotatable bonds is 4. The first-order valence-electron chi connectivity index (χ1n) is 4.42. The molecule has 0 spiro atoms. The van der Waals surface area contributed by atoms with E-state index in [0.717, 1.165) is 5.82 Å². The Hall–Kier alpha value is -1.83. The minimum absolute atomic E-state index is 0.248. The molecule has 0 saturated carbocycles. The molecule has 1 aromatic rings. The quantitative estimate of drug-likeness (QED) is 0.700. The zero-order chi connectivity index (χ0) is 10.4. The number of hydrogen-bond donors (Lipinski definition) is 2. The molecule has 2 N–H and O–H groups in total. The molecule has 1 rings (SSSR count). The van der Waals surface area contributed by atoms with Gasteiger partial charge in [0.1, 0.15) is 24.5 Å². The molecular formula is C9H13N5. The van der Waals surface area contributed by atoms with Crippen LogP contribution in [0.1, 0.15) is 13.8 Å². The molecule has 0 bridgehead atoms. The number of aromatic nitrogens is 2. The Morgan fingerprint density at radius 1 is 1.43 bits per heavy atom. The van der Waals surface area contributed by atoms with Crippen LogP contribution in [0, 0.1) is 11.3 Å². The zero-order valence-corrected chi connectivity index (χ0v) is 8.28. The van der Waals surface area contributed by atoms with Crippen LogP contribution >= 0.6 is 0 Å². The fourth-order valence-electron chi connectivity index (χ4n) is 0.959. The van der Waals surface area contributed by atoms with E-state index in [1.54, 1.807) is 6.07 Å². The molecule has 0 radical (unpaired) electrons. The van der Waals surface area contributed by atoms with Crippen LogP contribution < -0.4 is 10.6 Å². The molecule has 14 heavy (non-hydrogen) atoms. The molecule has 1 aromatic heterocycles. The normalized spacial score (nSPS) is 9.57. The van der Waals surface area contributed by atoms with Crippen LogP contribution in [0.15, 0.2) is 12.4 Å². The Balaban J connectivity index is 2.65. The first-order chi connectivity index (χ1) is 6.72. The van der Waals surface area contributed by atoms with E-state index < -0.39 is 0 Å². The van der Waals surface area contributed by atoms with Crippen LogP contribution in [0.2, 0.25) is 0 Å². The Labute approximate surface area is 83.2 Å². The maximum Gasteiger partial charge on any atom is 0.132 e. The number of nitriles is 1. The van der Waals surface area contributed by atoms with E-state index in [1.165, 1.54) is 6.33 Å². The zero-order valence-electron chi connectivity index (χ0n) is 8.28. The molecule has 0 aliphatic carbocycles. The van der Waals surface area contributed by atoms with Crippen molar-refractivity contribution in [1.82, 2.24) is 9.97 Å². The van der Waals surface area contributed by atoms with Crippen LogP contribution in [-0.2, 0) is 0 Å². The summed E-state index contributed by atoms with van der Waals surface area (Å²) in [6.07, 6.45) is 1.46. The first-order valence-corrected chi connectivity index (χ1v) is 4.42. The third kappa shape index (κ3) is 3.27. The minimum atomic E-state index is 0.248. The van der Waals surface area contributed by atoms with Gasteiger partial charge in [0.25, 0.3) is 0 Å². The second kappa shape index (κ2) is 5.02. The molecule has 0 fully saturated rings. The van der Waals surface area contributed by atoms with Crippen molar-refractivity contribution in [3.05, 3.63) is 12.4 Å². The molecule has 0 amide bonds. The fourth-order valence-corrected chi connectivity index (χ4v) is 0.959. The van der Waals surface area contributed by atoms with Gasteiger partial charge in [-0.05, 0) is 13.8 Å². The van der Waals surface area contributed by atoms with E-state index in [-0.39, 0.29) is 6.54 Å². The highest BCUT2D eigenvalue weighted by atomic mass is 15.1. The summed E-state index contributed by atoms with van der Waals surface area (Å²) in [6, 6.07) is 4.09. The average Bonchev–Trinajstić information content (AvgIpc) is 2.14. The predicted molar refractivity (Wildman–Crippen MR) is 54.9 cm³/mol. The Morgan fingerprint density at radius 3 is 2.79 bits per heavy atom. The van der Waals surface area contributed by atoms with Crippen molar-refractivity contribution in [2.75, 3.05) is 17.2 Å². The lowest BCUT2D eigenvalue weighted by Crippen LogP contribution is -2.11. The molecule has 5 heteroatoms. The standard InChI is InChI=1S/C9H13N5/c1-7(2)14-9-5-8(11-4-3-10)12-6-13-9/h5-7H,4H2,1-2H3,(H2,11,12,13,14). The summed E-state index contributed by atoms with van der Waals surface area (Å²) in [4.78, 5) is 8.01. The van der Waals surface area contributed by atoms with Gasteiger partial charge in [0.15, 0.2) is 0 Å². The second-order valence-corrected chi connectivity index (χ2v) is 3.10. The first kappa shape index (κ1) is 10.3. The van der Waals surface area contributed by atoms with Crippen LogP contribution in [0.4, 0.5) is 11.6 Å². The second-order valence-electron chi connectivity index (χ2n) is 3.10. The molecule has 74 valence electrons. The van der Waals surface area contributed by atoms with Crippen LogP contribution in [0.25, 0.3) is 0 Å². The van der Waals surface area contributed by atoms with Crippen molar-refractivity contribution in [3.8, 4) is 6.07 Å². The summed E-state index contributed by atoms with van der Waals surface area (Å²) >= 11 is 0. The summed E-state index contributed by atoms with van der Waals surface area (Å²) in [6.45, 7) is 4.31. The van der Waals surface area contributed by atoms with Gasteiger partial charge in [-0.1, -0.05) is 0 Å². The van der Waals surface area contributed by atoms with Crippen molar-refractivity contribution in [2.24, 2.45) is 0 Å². The van der Waals surface area contributed by atoms with Crippen molar-refractivity contribution in [2.45, 2.75) is 19.9 Å². The van der Waals surface area contributed by atoms with E-state index in [1.807, 2.05) is 19.9 Å². The third-order valence-corrected chi connectivity index (χ3v) is 1.45. The van der Waals surface area contributed by atoms with Crippen LogP contribution in [0.3, 0.4) is 0 Å². The molecular weight excluding hydrogens is 178 g/mol. The Morgan fingerprint density at radius 2 is 2.14 bits per heavy atom. The van der Waals surface area contributed by atoms with Gasteiger partial charge in [0.05, 0.1) is 6.07 Å². The molecule has 5 nitrogen and oxygen atoms in total. The van der Waals surface area contributed by atoms with Gasteiger partial charge in [-0.15, -0.1) is 0 Å². The number of anilines is 2. The van der Waals surface area contributed by atoms with Crippen molar-refractivity contribution in [3.63, 3.8) is 0 Å². The number of nitrogens with one attached hydrogen (secondary N) is 2. The Kier molecular flexibility index (Phi) is 3.68. The van der Waals surface area contributed by atoms with E-state index in [9.17, 15) is 0 Å². The van der Waals surface area contributed by atoms with E-state index in [2.05, 4.69) is 20.6 Å². The Bertz CT molecular complexity index is 328. The maximum atomic E-state index is 8.37. The van der Waals surface area contributed by atoms with Crippen molar-refractivity contribution in [1.29, 1.82) is 5.26 Å². The van der Waals surface area contributed by atoms with Gasteiger partial charge in [-0.2, -0.15) is 5.26 Å². The van der Waals surface area contributed by atoms with Gasteiger partial charge in [-0.25, -0.2) is 9.97 Å². The van der Waals surface area contributed by atoms with Gasteiger partial charge in [0.2, 0.25) is 0 Å². The van der Waals surface area contributed by atoms with Gasteiger partial charge >= 0.3 is 0 Å². The van der Waals surface area contributed by atoms with Crippen molar-refractivity contribution >= 4 is 11.6 Å². The van der Waals surface area contributed by atoms with Crippen LogP contribution in [-0.4, -0.2) is 22.6 Å². The fraction of sp³-hybridized carbons (Fsp3) is 0.444. The average molecular weight is 191 g/mol.